The molecule has 2 fully saturated rings. The molecule has 11 nitrogen and oxygen atoms in total. The van der Waals surface area contributed by atoms with E-state index in [0.29, 0.717) is 38.2 Å². The minimum Gasteiger partial charge on any atom is -0.474 e. The lowest BCUT2D eigenvalue weighted by Gasteiger charge is -2.51. The molecule has 234 valence electrons. The number of hydrogen-bond donors (Lipinski definition) is 0. The Morgan fingerprint density at radius 2 is 1.93 bits per heavy atom. The lowest BCUT2D eigenvalue weighted by molar-refractivity contribution is -0.130. The summed E-state index contributed by atoms with van der Waals surface area (Å²) < 4.78 is 6.58. The zero-order valence-corrected chi connectivity index (χ0v) is 26.5. The second kappa shape index (κ2) is 11.3. The molecular weight excluding hydrogens is 556 g/mol. The number of carbonyl (C=O) groups is 2. The predicted molar refractivity (Wildman–Crippen MR) is 172 cm³/mol. The third-order valence-electron chi connectivity index (χ3n) is 10.4. The van der Waals surface area contributed by atoms with Gasteiger partial charge in [0, 0.05) is 68.8 Å². The van der Waals surface area contributed by atoms with Gasteiger partial charge in [-0.1, -0.05) is 6.58 Å². The molecule has 0 unspecified atom stereocenters. The molecule has 5 aliphatic heterocycles. The molecule has 5 aliphatic rings. The van der Waals surface area contributed by atoms with Crippen molar-refractivity contribution in [3.05, 3.63) is 41.7 Å². The van der Waals surface area contributed by atoms with Crippen LogP contribution >= 0.6 is 0 Å². The number of pyridine rings is 2. The fraction of sp³-hybridized carbons (Fsp3) is 0.576. The first kappa shape index (κ1) is 28.9. The highest BCUT2D eigenvalue weighted by Crippen LogP contribution is 2.48. The first-order chi connectivity index (χ1) is 21.3. The fourth-order valence-electron chi connectivity index (χ4n) is 7.93. The molecule has 2 aromatic heterocycles. The van der Waals surface area contributed by atoms with Crippen LogP contribution in [0.4, 0.5) is 22.9 Å². The van der Waals surface area contributed by atoms with E-state index in [-0.39, 0.29) is 17.9 Å². The number of ether oxygens (including phenoxy) is 1. The lowest BCUT2D eigenvalue weighted by atomic mass is 9.93. The zero-order valence-electron chi connectivity index (χ0n) is 26.5. The molecule has 11 heteroatoms. The molecule has 3 atom stereocenters. The van der Waals surface area contributed by atoms with Crippen LogP contribution in [-0.4, -0.2) is 110 Å². The van der Waals surface area contributed by atoms with Gasteiger partial charge in [-0.2, -0.15) is 0 Å². The maximum atomic E-state index is 13.9. The third-order valence-corrected chi connectivity index (χ3v) is 10.4. The van der Waals surface area contributed by atoms with Crippen LogP contribution in [0.25, 0.3) is 0 Å². The van der Waals surface area contributed by atoms with Crippen LogP contribution in [0.3, 0.4) is 0 Å². The summed E-state index contributed by atoms with van der Waals surface area (Å²) in [6, 6.07) is 1.91. The monoisotopic (exact) mass is 600 g/mol. The van der Waals surface area contributed by atoms with Gasteiger partial charge in [-0.15, -0.1) is 0 Å². The minimum absolute atomic E-state index is 0.0440. The molecule has 0 saturated carbocycles. The van der Waals surface area contributed by atoms with Gasteiger partial charge < -0.3 is 34.1 Å². The maximum Gasteiger partial charge on any atom is 0.251 e. The molecule has 0 aliphatic carbocycles. The summed E-state index contributed by atoms with van der Waals surface area (Å²) in [7, 11) is 6.13. The minimum atomic E-state index is -0.468. The summed E-state index contributed by atoms with van der Waals surface area (Å²) in [5, 5.41) is 0. The average molecular weight is 601 g/mol. The average Bonchev–Trinajstić information content (AvgIpc) is 3.45. The highest BCUT2D eigenvalue weighted by Gasteiger charge is 2.47. The Bertz CT molecular complexity index is 1500. The van der Waals surface area contributed by atoms with Gasteiger partial charge >= 0.3 is 0 Å². The third kappa shape index (κ3) is 4.67. The second-order valence-corrected chi connectivity index (χ2v) is 13.1. The van der Waals surface area contributed by atoms with Crippen LogP contribution in [0.1, 0.15) is 43.0 Å². The van der Waals surface area contributed by atoms with E-state index in [2.05, 4.69) is 46.3 Å². The molecule has 0 radical (unpaired) electrons. The van der Waals surface area contributed by atoms with Crippen LogP contribution in [0, 0.1) is 0 Å². The fourth-order valence-corrected chi connectivity index (χ4v) is 7.93. The van der Waals surface area contributed by atoms with E-state index in [4.69, 9.17) is 14.7 Å². The Morgan fingerprint density at radius 3 is 2.70 bits per heavy atom. The first-order valence-corrected chi connectivity index (χ1v) is 16.1. The van der Waals surface area contributed by atoms with E-state index < -0.39 is 6.04 Å². The van der Waals surface area contributed by atoms with E-state index in [1.165, 1.54) is 22.9 Å². The van der Waals surface area contributed by atoms with E-state index in [9.17, 15) is 9.59 Å². The van der Waals surface area contributed by atoms with Crippen molar-refractivity contribution in [3.8, 4) is 5.88 Å². The van der Waals surface area contributed by atoms with Gasteiger partial charge in [0.1, 0.15) is 24.2 Å². The van der Waals surface area contributed by atoms with Crippen molar-refractivity contribution in [1.29, 1.82) is 0 Å². The number of hydrogen-bond acceptors (Lipinski definition) is 9. The van der Waals surface area contributed by atoms with Crippen molar-refractivity contribution in [1.82, 2.24) is 19.8 Å². The van der Waals surface area contributed by atoms with Gasteiger partial charge in [0.15, 0.2) is 0 Å². The molecule has 2 aromatic rings. The number of likely N-dealkylation sites (N-methyl/N-ethyl adjacent to an activating group) is 2. The highest BCUT2D eigenvalue weighted by molar-refractivity contribution is 6.08. The van der Waals surface area contributed by atoms with E-state index in [1.54, 1.807) is 9.80 Å². The topological polar surface area (TPSA) is 88.6 Å². The van der Waals surface area contributed by atoms with Crippen molar-refractivity contribution in [2.24, 2.45) is 0 Å². The maximum absolute atomic E-state index is 13.9. The molecule has 0 aromatic carbocycles. The number of piperazine rings is 1. The van der Waals surface area contributed by atoms with Gasteiger partial charge in [-0.05, 0) is 64.8 Å². The van der Waals surface area contributed by atoms with Crippen LogP contribution in [0.2, 0.25) is 0 Å². The Balaban J connectivity index is 1.30. The van der Waals surface area contributed by atoms with Gasteiger partial charge in [-0.3, -0.25) is 9.59 Å². The van der Waals surface area contributed by atoms with Crippen LogP contribution in [0.5, 0.6) is 5.88 Å². The summed E-state index contributed by atoms with van der Waals surface area (Å²) in [6.07, 6.45) is 8.44. The molecule has 2 amide bonds. The lowest BCUT2D eigenvalue weighted by Crippen LogP contribution is -2.65. The number of nitrogens with zero attached hydrogens (tertiary/aromatic N) is 8. The molecule has 7 rings (SSSR count). The van der Waals surface area contributed by atoms with E-state index in [0.717, 1.165) is 74.6 Å². The van der Waals surface area contributed by atoms with Gasteiger partial charge in [-0.25, -0.2) is 9.97 Å². The Labute approximate surface area is 260 Å². The summed E-state index contributed by atoms with van der Waals surface area (Å²) in [6.45, 7) is 10.7. The molecule has 2 saturated heterocycles. The molecule has 44 heavy (non-hydrogen) atoms. The van der Waals surface area contributed by atoms with Crippen molar-refractivity contribution in [2.45, 2.75) is 63.7 Å². The molecule has 0 bridgehead atoms. The second-order valence-electron chi connectivity index (χ2n) is 13.1. The standard InChI is InChI=1S/C33H44N8O3/c1-6-28(42)40-19-27-33(43)38(5)30-29(41(27)17-21(40)2)23-12-16-39(31-24-10-8-15-37(4)26(24)11-13-34-31)18-25(23)35-32(30)44-20-22-9-7-14-36(22)3/h6,11,13,21-22,27H,1,7-10,12,14-20H2,2-5H3/t21-,22+,27-/m1/s1. The summed E-state index contributed by atoms with van der Waals surface area (Å²) in [4.78, 5) is 49.5. The first-order valence-electron chi connectivity index (χ1n) is 16.1. The van der Waals surface area contributed by atoms with Gasteiger partial charge in [0.25, 0.3) is 5.91 Å². The number of rotatable bonds is 5. The Morgan fingerprint density at radius 1 is 1.09 bits per heavy atom. The van der Waals surface area contributed by atoms with Gasteiger partial charge in [0.05, 0.1) is 24.5 Å². The smallest absolute Gasteiger partial charge is 0.251 e. The largest absolute Gasteiger partial charge is 0.474 e. The zero-order chi connectivity index (χ0) is 30.7. The number of fused-ring (bicyclic) bond motifs is 6. The quantitative estimate of drug-likeness (QED) is 0.481. The number of carbonyl (C=O) groups excluding carboxylic acids is 2. The van der Waals surface area contributed by atoms with Crippen molar-refractivity contribution < 1.29 is 14.3 Å². The van der Waals surface area contributed by atoms with Gasteiger partial charge in [0.2, 0.25) is 11.8 Å². The van der Waals surface area contributed by atoms with Crippen LogP contribution < -0.4 is 24.3 Å². The predicted octanol–water partition coefficient (Wildman–Crippen LogP) is 2.46. The Hall–Kier alpha value is -3.86. The molecule has 7 heterocycles. The Kier molecular flexibility index (Phi) is 7.39. The van der Waals surface area contributed by atoms with E-state index >= 15 is 0 Å². The highest BCUT2D eigenvalue weighted by atomic mass is 16.5. The van der Waals surface area contributed by atoms with Crippen LogP contribution in [0.15, 0.2) is 24.9 Å². The number of amides is 2. The molecule has 0 spiro atoms. The SMILES string of the molecule is C=CC(=O)N1C[C@@H]2C(=O)N(C)c3c(OC[C@@H]4CCCN4C)nc4c(c3N2C[C@H]1C)CCN(c1nccc2c1CCCN2C)C4. The molecular formula is C33H44N8O3. The van der Waals surface area contributed by atoms with Crippen LogP contribution in [-0.2, 0) is 29.0 Å². The van der Waals surface area contributed by atoms with E-state index in [1.807, 2.05) is 20.2 Å². The number of anilines is 4. The summed E-state index contributed by atoms with van der Waals surface area (Å²) >= 11 is 0. The number of likely N-dealkylation sites (tertiary alicyclic amines) is 1. The van der Waals surface area contributed by atoms with Crippen molar-refractivity contribution in [3.63, 3.8) is 0 Å². The number of aromatic nitrogens is 2. The summed E-state index contributed by atoms with van der Waals surface area (Å²) in [5.41, 5.74) is 6.52. The molecule has 0 N–H and O–H groups in total. The normalized spacial score (nSPS) is 25.0. The van der Waals surface area contributed by atoms with Crippen molar-refractivity contribution in [2.75, 3.05) is 80.1 Å². The summed E-state index contributed by atoms with van der Waals surface area (Å²) in [5.74, 6) is 1.39. The van der Waals surface area contributed by atoms with Crippen molar-refractivity contribution >= 4 is 34.7 Å².